The Morgan fingerprint density at radius 2 is 2.07 bits per heavy atom. The molecule has 1 amide bonds. The van der Waals surface area contributed by atoms with Crippen LogP contribution in [-0.4, -0.2) is 63.2 Å². The molecular formula is C23H29N5O. The van der Waals surface area contributed by atoms with Crippen LogP contribution in [-0.2, 0) is 13.5 Å². The summed E-state index contributed by atoms with van der Waals surface area (Å²) >= 11 is 0. The van der Waals surface area contributed by atoms with Gasteiger partial charge in [-0.05, 0) is 49.6 Å². The van der Waals surface area contributed by atoms with E-state index in [2.05, 4.69) is 45.4 Å². The van der Waals surface area contributed by atoms with E-state index >= 15 is 0 Å². The number of H-pyrrole nitrogens is 1. The maximum atomic E-state index is 13.0. The van der Waals surface area contributed by atoms with E-state index < -0.39 is 0 Å². The number of nitrogens with zero attached hydrogens (tertiary/aromatic N) is 4. The molecule has 3 aromatic rings. The van der Waals surface area contributed by atoms with Gasteiger partial charge in [-0.1, -0.05) is 30.3 Å². The summed E-state index contributed by atoms with van der Waals surface area (Å²) in [5, 5.41) is 7.27. The molecule has 0 spiro atoms. The molecule has 1 atom stereocenters. The first-order valence-corrected chi connectivity index (χ1v) is 10.3. The van der Waals surface area contributed by atoms with Gasteiger partial charge in [-0.2, -0.15) is 5.10 Å². The predicted molar refractivity (Wildman–Crippen MR) is 115 cm³/mol. The number of nitrogens with one attached hydrogen (secondary N) is 1. The number of hydrogen-bond acceptors (Lipinski definition) is 3. The smallest absolute Gasteiger partial charge is 0.271 e. The average molecular weight is 392 g/mol. The van der Waals surface area contributed by atoms with Gasteiger partial charge in [-0.15, -0.1) is 0 Å². The number of piperidine rings is 1. The number of carbonyl (C=O) groups excluding carboxylic acids is 1. The topological polar surface area (TPSA) is 57.2 Å². The van der Waals surface area contributed by atoms with Gasteiger partial charge in [-0.25, -0.2) is 0 Å². The molecule has 6 nitrogen and oxygen atoms in total. The number of benzene rings is 1. The average Bonchev–Trinajstić information content (AvgIpc) is 3.41. The van der Waals surface area contributed by atoms with E-state index in [1.54, 1.807) is 0 Å². The standard InChI is InChI=1S/C23H29N5O/c1-26-13-7-11-22(26)20-16-21(25-24-20)23(29)27(2)19-10-6-14-28(17-19)15-12-18-8-4-3-5-9-18/h3-5,7-9,11,13,16,19H,6,10,12,14-15,17H2,1-2H3,(H,24,25). The second-order valence-corrected chi connectivity index (χ2v) is 7.92. The fraction of sp³-hybridized carbons (Fsp3) is 0.391. The van der Waals surface area contributed by atoms with Crippen molar-refractivity contribution >= 4 is 5.91 Å². The van der Waals surface area contributed by atoms with Crippen molar-refractivity contribution < 1.29 is 4.79 Å². The second-order valence-electron chi connectivity index (χ2n) is 7.92. The number of aromatic nitrogens is 3. The van der Waals surface area contributed by atoms with Crippen LogP contribution in [0.3, 0.4) is 0 Å². The summed E-state index contributed by atoms with van der Waals surface area (Å²) in [5.41, 5.74) is 3.70. The lowest BCUT2D eigenvalue weighted by molar-refractivity contribution is 0.0613. The summed E-state index contributed by atoms with van der Waals surface area (Å²) in [6.07, 6.45) is 5.19. The molecule has 0 radical (unpaired) electrons. The Kier molecular flexibility index (Phi) is 5.81. The molecule has 1 fully saturated rings. The van der Waals surface area contributed by atoms with Crippen LogP contribution in [0, 0.1) is 0 Å². The molecule has 4 rings (SSSR count). The van der Waals surface area contributed by atoms with Gasteiger partial charge < -0.3 is 14.4 Å². The minimum absolute atomic E-state index is 0.00729. The second kappa shape index (κ2) is 8.66. The zero-order valence-electron chi connectivity index (χ0n) is 17.2. The molecule has 0 bridgehead atoms. The molecular weight excluding hydrogens is 362 g/mol. The lowest BCUT2D eigenvalue weighted by Crippen LogP contribution is -2.49. The monoisotopic (exact) mass is 391 g/mol. The quantitative estimate of drug-likeness (QED) is 0.702. The molecule has 1 aliphatic heterocycles. The van der Waals surface area contributed by atoms with E-state index in [0.29, 0.717) is 5.69 Å². The molecule has 152 valence electrons. The third-order valence-corrected chi connectivity index (χ3v) is 5.92. The number of carbonyl (C=O) groups is 1. The molecule has 6 heteroatoms. The maximum absolute atomic E-state index is 13.0. The van der Waals surface area contributed by atoms with Crippen LogP contribution >= 0.6 is 0 Å². The Morgan fingerprint density at radius 1 is 1.24 bits per heavy atom. The fourth-order valence-corrected chi connectivity index (χ4v) is 4.13. The zero-order valence-corrected chi connectivity index (χ0v) is 17.2. The molecule has 3 heterocycles. The first kappa shape index (κ1) is 19.5. The summed E-state index contributed by atoms with van der Waals surface area (Å²) < 4.78 is 2.00. The Balaban J connectivity index is 1.37. The molecule has 1 N–H and O–H groups in total. The Morgan fingerprint density at radius 3 is 2.83 bits per heavy atom. The first-order valence-electron chi connectivity index (χ1n) is 10.3. The highest BCUT2D eigenvalue weighted by Crippen LogP contribution is 2.20. The summed E-state index contributed by atoms with van der Waals surface area (Å²) in [6.45, 7) is 3.06. The van der Waals surface area contributed by atoms with Crippen molar-refractivity contribution in [2.24, 2.45) is 7.05 Å². The molecule has 1 aromatic carbocycles. The molecule has 2 aromatic heterocycles. The van der Waals surface area contributed by atoms with E-state index in [4.69, 9.17) is 0 Å². The summed E-state index contributed by atoms with van der Waals surface area (Å²) in [4.78, 5) is 17.4. The van der Waals surface area contributed by atoms with Crippen molar-refractivity contribution in [3.63, 3.8) is 0 Å². The van der Waals surface area contributed by atoms with Gasteiger partial charge in [0.25, 0.3) is 5.91 Å². The predicted octanol–water partition coefficient (Wildman–Crippen LogP) is 3.19. The van der Waals surface area contributed by atoms with Gasteiger partial charge in [0.2, 0.25) is 0 Å². The van der Waals surface area contributed by atoms with Crippen LogP contribution < -0.4 is 0 Å². The fourth-order valence-electron chi connectivity index (χ4n) is 4.13. The minimum Gasteiger partial charge on any atom is -0.349 e. The van der Waals surface area contributed by atoms with E-state index in [1.165, 1.54) is 5.56 Å². The van der Waals surface area contributed by atoms with Crippen LogP contribution in [0.5, 0.6) is 0 Å². The Bertz CT molecular complexity index is 945. The molecule has 1 saturated heterocycles. The van der Waals surface area contributed by atoms with Crippen molar-refractivity contribution in [2.75, 3.05) is 26.7 Å². The molecule has 29 heavy (non-hydrogen) atoms. The maximum Gasteiger partial charge on any atom is 0.271 e. The van der Waals surface area contributed by atoms with Crippen LogP contribution in [0.4, 0.5) is 0 Å². The van der Waals surface area contributed by atoms with Gasteiger partial charge >= 0.3 is 0 Å². The zero-order chi connectivity index (χ0) is 20.2. The van der Waals surface area contributed by atoms with Crippen LogP contribution in [0.15, 0.2) is 54.7 Å². The third kappa shape index (κ3) is 4.43. The van der Waals surface area contributed by atoms with E-state index in [0.717, 1.165) is 50.3 Å². The first-order chi connectivity index (χ1) is 14.1. The number of likely N-dealkylation sites (N-methyl/N-ethyl adjacent to an activating group) is 1. The minimum atomic E-state index is 0.00729. The van der Waals surface area contributed by atoms with Gasteiger partial charge in [0.05, 0.1) is 5.69 Å². The van der Waals surface area contributed by atoms with E-state index in [9.17, 15) is 4.79 Å². The van der Waals surface area contributed by atoms with Gasteiger partial charge in [0, 0.05) is 39.4 Å². The highest BCUT2D eigenvalue weighted by molar-refractivity contribution is 5.93. The molecule has 0 aliphatic carbocycles. The van der Waals surface area contributed by atoms with Gasteiger partial charge in [0.1, 0.15) is 11.4 Å². The van der Waals surface area contributed by atoms with Crippen molar-refractivity contribution in [1.82, 2.24) is 24.6 Å². The van der Waals surface area contributed by atoms with Crippen molar-refractivity contribution in [2.45, 2.75) is 25.3 Å². The lowest BCUT2D eigenvalue weighted by atomic mass is 10.0. The van der Waals surface area contributed by atoms with Gasteiger partial charge in [-0.3, -0.25) is 9.89 Å². The summed E-state index contributed by atoms with van der Waals surface area (Å²) in [7, 11) is 3.89. The number of aryl methyl sites for hydroxylation is 1. The van der Waals surface area contributed by atoms with Crippen molar-refractivity contribution in [3.8, 4) is 11.4 Å². The van der Waals surface area contributed by atoms with Crippen LogP contribution in [0.25, 0.3) is 11.4 Å². The number of likely N-dealkylation sites (tertiary alicyclic amines) is 1. The lowest BCUT2D eigenvalue weighted by Gasteiger charge is -2.37. The van der Waals surface area contributed by atoms with Crippen LogP contribution in [0.2, 0.25) is 0 Å². The van der Waals surface area contributed by atoms with Crippen molar-refractivity contribution in [1.29, 1.82) is 0 Å². The molecule has 0 saturated carbocycles. The van der Waals surface area contributed by atoms with Gasteiger partial charge in [0.15, 0.2) is 0 Å². The summed E-state index contributed by atoms with van der Waals surface area (Å²) in [6, 6.07) is 16.7. The Hall–Kier alpha value is -2.86. The number of rotatable bonds is 6. The molecule has 1 aliphatic rings. The third-order valence-electron chi connectivity index (χ3n) is 5.92. The summed E-state index contributed by atoms with van der Waals surface area (Å²) in [5.74, 6) is 0.00729. The highest BCUT2D eigenvalue weighted by atomic mass is 16.2. The van der Waals surface area contributed by atoms with E-state index in [-0.39, 0.29) is 11.9 Å². The van der Waals surface area contributed by atoms with Crippen molar-refractivity contribution in [3.05, 3.63) is 66.0 Å². The highest BCUT2D eigenvalue weighted by Gasteiger charge is 2.27. The normalized spacial score (nSPS) is 17.4. The SMILES string of the molecule is CN(C(=O)c1cc(-c2cccn2C)n[nH]1)C1CCCN(CCc2ccccc2)C1. The largest absolute Gasteiger partial charge is 0.349 e. The number of aromatic amines is 1. The molecule has 1 unspecified atom stereocenters. The van der Waals surface area contributed by atoms with Crippen LogP contribution in [0.1, 0.15) is 28.9 Å². The van der Waals surface area contributed by atoms with E-state index in [1.807, 2.05) is 48.0 Å². The Labute approximate surface area is 172 Å². The number of hydrogen-bond donors (Lipinski definition) is 1. The number of amides is 1.